The van der Waals surface area contributed by atoms with Crippen molar-refractivity contribution in [3.05, 3.63) is 212 Å². The van der Waals surface area contributed by atoms with Crippen molar-refractivity contribution in [2.75, 3.05) is 0 Å². The van der Waals surface area contributed by atoms with Crippen molar-refractivity contribution in [2.45, 2.75) is 0 Å². The molecule has 0 saturated heterocycles. The number of rotatable bonds is 4. The Hall–Kier alpha value is -8.14. The van der Waals surface area contributed by atoms with E-state index in [9.17, 15) is 0 Å². The molecule has 0 aliphatic rings. The van der Waals surface area contributed by atoms with Crippen LogP contribution < -0.4 is 0 Å². The van der Waals surface area contributed by atoms with Crippen molar-refractivity contribution in [1.82, 2.24) is 14.5 Å². The summed E-state index contributed by atoms with van der Waals surface area (Å²) in [6.07, 6.45) is 1.95. The third kappa shape index (κ3) is 4.98. The van der Waals surface area contributed by atoms with E-state index < -0.39 is 0 Å². The summed E-state index contributed by atoms with van der Waals surface area (Å²) in [6.45, 7) is 0. The molecule has 3 heteroatoms. The Morgan fingerprint density at radius 2 is 0.607 bits per heavy atom. The molecule has 0 fully saturated rings. The maximum absolute atomic E-state index is 5.38. The second-order valence-corrected chi connectivity index (χ2v) is 16.0. The molecule has 0 N–H and O–H groups in total. The summed E-state index contributed by atoms with van der Waals surface area (Å²) >= 11 is 0. The van der Waals surface area contributed by atoms with Gasteiger partial charge in [-0.05, 0) is 78.2 Å². The largest absolute Gasteiger partial charge is 0.309 e. The monoisotopic (exact) mass is 773 g/mol. The van der Waals surface area contributed by atoms with Gasteiger partial charge in [-0.15, -0.1) is 0 Å². The van der Waals surface area contributed by atoms with Crippen LogP contribution in [-0.2, 0) is 0 Å². The van der Waals surface area contributed by atoms with Crippen LogP contribution >= 0.6 is 0 Å². The molecule has 0 bridgehead atoms. The van der Waals surface area contributed by atoms with Gasteiger partial charge in [0.25, 0.3) is 0 Å². The topological polar surface area (TPSA) is 30.7 Å². The maximum Gasteiger partial charge on any atom is 0.0979 e. The highest BCUT2D eigenvalue weighted by Gasteiger charge is 2.19. The maximum atomic E-state index is 5.38. The molecule has 0 aliphatic heterocycles. The molecule has 3 nitrogen and oxygen atoms in total. The van der Waals surface area contributed by atoms with Gasteiger partial charge >= 0.3 is 0 Å². The number of nitrogens with zero attached hydrogens (tertiary/aromatic N) is 3. The van der Waals surface area contributed by atoms with Crippen molar-refractivity contribution in [3.63, 3.8) is 0 Å². The number of aromatic nitrogens is 3. The van der Waals surface area contributed by atoms with Gasteiger partial charge in [0.15, 0.2) is 0 Å². The number of hydrogen-bond donors (Lipinski definition) is 0. The summed E-state index contributed by atoms with van der Waals surface area (Å²) in [5.41, 5.74) is 12.2. The van der Waals surface area contributed by atoms with Crippen molar-refractivity contribution < 1.29 is 0 Å². The van der Waals surface area contributed by atoms with Crippen LogP contribution in [0.2, 0.25) is 0 Å². The quantitative estimate of drug-likeness (QED) is 0.167. The van der Waals surface area contributed by atoms with Crippen molar-refractivity contribution in [1.29, 1.82) is 0 Å². The van der Waals surface area contributed by atoms with Crippen LogP contribution in [0.4, 0.5) is 0 Å². The normalized spacial score (nSPS) is 11.9. The lowest BCUT2D eigenvalue weighted by molar-refractivity contribution is 1.20. The smallest absolute Gasteiger partial charge is 0.0979 e. The molecule has 282 valence electrons. The minimum atomic E-state index is 0.868. The molecule has 2 aromatic heterocycles. The first-order valence-corrected chi connectivity index (χ1v) is 20.9. The summed E-state index contributed by atoms with van der Waals surface area (Å²) in [6, 6.07) is 74.8. The Morgan fingerprint density at radius 1 is 0.262 bits per heavy atom. The summed E-state index contributed by atoms with van der Waals surface area (Å²) in [5.74, 6) is 0. The zero-order chi connectivity index (χ0) is 40.0. The van der Waals surface area contributed by atoms with Gasteiger partial charge in [0.1, 0.15) is 0 Å². The second kappa shape index (κ2) is 13.2. The molecule has 61 heavy (non-hydrogen) atoms. The summed E-state index contributed by atoms with van der Waals surface area (Å²) < 4.78 is 2.43. The van der Waals surface area contributed by atoms with Crippen LogP contribution in [0, 0.1) is 0 Å². The van der Waals surface area contributed by atoms with Gasteiger partial charge in [-0.1, -0.05) is 188 Å². The molecule has 2 heterocycles. The number of hydrogen-bond acceptors (Lipinski definition) is 2. The third-order valence-electron chi connectivity index (χ3n) is 12.9. The van der Waals surface area contributed by atoms with Crippen molar-refractivity contribution in [3.8, 4) is 39.2 Å². The molecule has 0 saturated carbocycles. The summed E-state index contributed by atoms with van der Waals surface area (Å²) in [4.78, 5) is 10.5. The molecular formula is C58H35N3. The molecule has 13 aromatic rings. The Balaban J connectivity index is 0.977. The SMILES string of the molecule is c1ccc2c(-c3ccc(-c4ccc(-n5c6ccccc6c6ccccc65)c5ccccc45)c4ccccc34)ccc(-c3cnc4c5ccccc5c5ccccc5c4n3)c2c1. The molecule has 0 aliphatic carbocycles. The van der Waals surface area contributed by atoms with Crippen LogP contribution in [-0.4, -0.2) is 14.5 Å². The summed E-state index contributed by atoms with van der Waals surface area (Å²) in [5, 5.41) is 14.4. The minimum absolute atomic E-state index is 0.868. The number of para-hydroxylation sites is 2. The average molecular weight is 774 g/mol. The van der Waals surface area contributed by atoms with Gasteiger partial charge in [0.05, 0.1) is 39.6 Å². The highest BCUT2D eigenvalue weighted by molar-refractivity contribution is 6.23. The number of benzene rings is 11. The van der Waals surface area contributed by atoms with Gasteiger partial charge < -0.3 is 4.57 Å². The Morgan fingerprint density at radius 3 is 1.11 bits per heavy atom. The van der Waals surface area contributed by atoms with E-state index in [1.165, 1.54) is 87.5 Å². The lowest BCUT2D eigenvalue weighted by atomic mass is 9.87. The fourth-order valence-electron chi connectivity index (χ4n) is 10.2. The lowest BCUT2D eigenvalue weighted by Crippen LogP contribution is -1.96. The molecular weight excluding hydrogens is 739 g/mol. The fourth-order valence-corrected chi connectivity index (χ4v) is 10.2. The summed E-state index contributed by atoms with van der Waals surface area (Å²) in [7, 11) is 0. The van der Waals surface area contributed by atoms with E-state index in [2.05, 4.69) is 211 Å². The van der Waals surface area contributed by atoms with Gasteiger partial charge in [-0.25, -0.2) is 4.98 Å². The van der Waals surface area contributed by atoms with E-state index in [-0.39, 0.29) is 0 Å². The van der Waals surface area contributed by atoms with E-state index in [4.69, 9.17) is 9.97 Å². The molecule has 0 radical (unpaired) electrons. The van der Waals surface area contributed by atoms with E-state index in [1.807, 2.05) is 6.20 Å². The fraction of sp³-hybridized carbons (Fsp3) is 0. The van der Waals surface area contributed by atoms with E-state index in [1.54, 1.807) is 0 Å². The van der Waals surface area contributed by atoms with Gasteiger partial charge in [0, 0.05) is 32.5 Å². The van der Waals surface area contributed by atoms with Gasteiger partial charge in [-0.3, -0.25) is 4.98 Å². The van der Waals surface area contributed by atoms with Gasteiger partial charge in [-0.2, -0.15) is 0 Å². The molecule has 11 aromatic carbocycles. The van der Waals surface area contributed by atoms with Crippen LogP contribution in [0.1, 0.15) is 0 Å². The van der Waals surface area contributed by atoms with Crippen LogP contribution in [0.5, 0.6) is 0 Å². The first kappa shape index (κ1) is 33.8. The molecule has 0 amide bonds. The zero-order valence-corrected chi connectivity index (χ0v) is 33.0. The molecule has 0 unspecified atom stereocenters. The third-order valence-corrected chi connectivity index (χ3v) is 12.9. The van der Waals surface area contributed by atoms with Crippen LogP contribution in [0.15, 0.2) is 212 Å². The molecule has 13 rings (SSSR count). The van der Waals surface area contributed by atoms with Crippen LogP contribution in [0.25, 0.3) is 126 Å². The van der Waals surface area contributed by atoms with Crippen molar-refractivity contribution >= 4 is 86.7 Å². The number of fused-ring (bicyclic) bond motifs is 12. The van der Waals surface area contributed by atoms with E-state index in [0.717, 1.165) is 38.4 Å². The van der Waals surface area contributed by atoms with Crippen LogP contribution in [0.3, 0.4) is 0 Å². The first-order valence-electron chi connectivity index (χ1n) is 20.9. The molecule has 0 atom stereocenters. The van der Waals surface area contributed by atoms with E-state index >= 15 is 0 Å². The Bertz CT molecular complexity index is 3860. The van der Waals surface area contributed by atoms with Crippen molar-refractivity contribution in [2.24, 2.45) is 0 Å². The first-order chi connectivity index (χ1) is 30.3. The highest BCUT2D eigenvalue weighted by atomic mass is 15.0. The van der Waals surface area contributed by atoms with E-state index in [0.29, 0.717) is 0 Å². The predicted octanol–water partition coefficient (Wildman–Crippen LogP) is 15.5. The predicted molar refractivity (Wildman–Crippen MR) is 258 cm³/mol. The Labute approximate surface area is 351 Å². The molecule has 0 spiro atoms. The minimum Gasteiger partial charge on any atom is -0.309 e. The average Bonchev–Trinajstić information content (AvgIpc) is 3.67. The standard InChI is InChI=1S/C58H35N3/c1-2-16-37-36(15-1)43(29-30-44(37)46-33-34-56(48-22-8-5-19-40(46)48)61-54-27-13-11-23-49(54)50-24-12-14-28-55(50)61)45-31-32-47(39-18-4-3-17-38(39)45)53-35-59-57-51-25-9-6-20-41(51)42-21-7-10-26-52(42)58(57)60-53/h1-35H. The second-order valence-electron chi connectivity index (χ2n) is 16.0. The van der Waals surface area contributed by atoms with Gasteiger partial charge in [0.2, 0.25) is 0 Å². The highest BCUT2D eigenvalue weighted by Crippen LogP contribution is 2.44. The zero-order valence-electron chi connectivity index (χ0n) is 33.0. The lowest BCUT2D eigenvalue weighted by Gasteiger charge is -2.18. The Kier molecular flexibility index (Phi) is 7.31.